The van der Waals surface area contributed by atoms with Crippen LogP contribution in [-0.2, 0) is 11.8 Å². The number of nitrogens with one attached hydrogen (secondary N) is 1. The number of nitrogens with zero attached hydrogens (tertiary/aromatic N) is 5. The van der Waals surface area contributed by atoms with Gasteiger partial charge < -0.3 is 19.7 Å². The van der Waals surface area contributed by atoms with Crippen molar-refractivity contribution in [1.82, 2.24) is 19.4 Å². The van der Waals surface area contributed by atoms with Crippen molar-refractivity contribution in [2.75, 3.05) is 42.1 Å². The van der Waals surface area contributed by atoms with Crippen LogP contribution >= 0.6 is 11.8 Å². The molecule has 2 aromatic heterocycles. The molecule has 31 heavy (non-hydrogen) atoms. The summed E-state index contributed by atoms with van der Waals surface area (Å²) in [6.45, 7) is 2.81. The van der Waals surface area contributed by atoms with Gasteiger partial charge in [0.2, 0.25) is 5.91 Å². The molecule has 2 amide bonds. The summed E-state index contributed by atoms with van der Waals surface area (Å²) in [7, 11) is 1.89. The first-order valence-corrected chi connectivity index (χ1v) is 11.0. The number of pyridine rings is 1. The SMILES string of the molecule is Cn1ccnc1SCC(=O)Nc1ccc(C(=O)N2CCN(c3ccccn3)CC2)cc1. The maximum absolute atomic E-state index is 12.8. The number of rotatable bonds is 6. The van der Waals surface area contributed by atoms with Crippen molar-refractivity contribution in [1.29, 1.82) is 0 Å². The van der Waals surface area contributed by atoms with Crippen LogP contribution in [0.5, 0.6) is 0 Å². The van der Waals surface area contributed by atoms with Crippen LogP contribution in [0.15, 0.2) is 66.2 Å². The largest absolute Gasteiger partial charge is 0.353 e. The first kappa shape index (κ1) is 20.9. The molecule has 0 spiro atoms. The van der Waals surface area contributed by atoms with Crippen LogP contribution in [0.4, 0.5) is 11.5 Å². The lowest BCUT2D eigenvalue weighted by molar-refractivity contribution is -0.113. The van der Waals surface area contributed by atoms with E-state index < -0.39 is 0 Å². The number of imidazole rings is 1. The second-order valence-electron chi connectivity index (χ2n) is 7.20. The zero-order valence-electron chi connectivity index (χ0n) is 17.3. The third-order valence-corrected chi connectivity index (χ3v) is 6.12. The Morgan fingerprint density at radius 3 is 2.42 bits per heavy atom. The molecule has 0 radical (unpaired) electrons. The van der Waals surface area contributed by atoms with E-state index in [-0.39, 0.29) is 17.6 Å². The number of hydrogen-bond acceptors (Lipinski definition) is 6. The maximum atomic E-state index is 12.8. The number of aryl methyl sites for hydroxylation is 1. The van der Waals surface area contributed by atoms with E-state index in [0.29, 0.717) is 24.3 Å². The number of aromatic nitrogens is 3. The highest BCUT2D eigenvalue weighted by Gasteiger charge is 2.22. The lowest BCUT2D eigenvalue weighted by Crippen LogP contribution is -2.49. The van der Waals surface area contributed by atoms with Crippen LogP contribution in [-0.4, -0.2) is 63.2 Å². The third kappa shape index (κ3) is 5.24. The summed E-state index contributed by atoms with van der Waals surface area (Å²) >= 11 is 1.38. The number of carbonyl (C=O) groups is 2. The number of carbonyl (C=O) groups excluding carboxylic acids is 2. The third-order valence-electron chi connectivity index (χ3n) is 5.07. The van der Waals surface area contributed by atoms with Gasteiger partial charge in [0.05, 0.1) is 5.75 Å². The molecule has 0 unspecified atom stereocenters. The van der Waals surface area contributed by atoms with Crippen molar-refractivity contribution in [3.8, 4) is 0 Å². The highest BCUT2D eigenvalue weighted by Crippen LogP contribution is 2.18. The zero-order valence-corrected chi connectivity index (χ0v) is 18.1. The van der Waals surface area contributed by atoms with Crippen LogP contribution in [0, 0.1) is 0 Å². The van der Waals surface area contributed by atoms with Gasteiger partial charge in [-0.25, -0.2) is 9.97 Å². The van der Waals surface area contributed by atoms with E-state index in [4.69, 9.17) is 0 Å². The molecule has 0 bridgehead atoms. The number of amides is 2. The summed E-state index contributed by atoms with van der Waals surface area (Å²) in [6.07, 6.45) is 5.33. The number of thioether (sulfide) groups is 1. The van der Waals surface area contributed by atoms with Gasteiger partial charge in [-0.2, -0.15) is 0 Å². The fourth-order valence-electron chi connectivity index (χ4n) is 3.38. The summed E-state index contributed by atoms with van der Waals surface area (Å²) in [5, 5.41) is 3.65. The van der Waals surface area contributed by atoms with Gasteiger partial charge in [0.15, 0.2) is 5.16 Å². The van der Waals surface area contributed by atoms with E-state index in [9.17, 15) is 9.59 Å². The van der Waals surface area contributed by atoms with Gasteiger partial charge in [0, 0.05) is 63.1 Å². The van der Waals surface area contributed by atoms with E-state index in [1.807, 2.05) is 40.9 Å². The van der Waals surface area contributed by atoms with Gasteiger partial charge in [-0.1, -0.05) is 17.8 Å². The molecule has 0 aliphatic carbocycles. The van der Waals surface area contributed by atoms with E-state index in [2.05, 4.69) is 20.2 Å². The summed E-state index contributed by atoms with van der Waals surface area (Å²) in [5.74, 6) is 1.10. The van der Waals surface area contributed by atoms with Crippen LogP contribution in [0.3, 0.4) is 0 Å². The Kier molecular flexibility index (Phi) is 6.51. The summed E-state index contributed by atoms with van der Waals surface area (Å²) in [5.41, 5.74) is 1.29. The average Bonchev–Trinajstić information content (AvgIpc) is 3.23. The minimum absolute atomic E-state index is 0.00360. The normalized spacial score (nSPS) is 13.8. The number of hydrogen-bond donors (Lipinski definition) is 1. The fourth-order valence-corrected chi connectivity index (χ4v) is 4.11. The molecule has 1 aliphatic rings. The van der Waals surface area contributed by atoms with Crippen molar-refractivity contribution >= 4 is 35.1 Å². The van der Waals surface area contributed by atoms with Gasteiger partial charge in [-0.3, -0.25) is 9.59 Å². The van der Waals surface area contributed by atoms with Gasteiger partial charge in [-0.05, 0) is 36.4 Å². The monoisotopic (exact) mass is 436 g/mol. The smallest absolute Gasteiger partial charge is 0.253 e. The van der Waals surface area contributed by atoms with Crippen LogP contribution in [0.1, 0.15) is 10.4 Å². The molecule has 1 saturated heterocycles. The van der Waals surface area contributed by atoms with Crippen molar-refractivity contribution in [3.63, 3.8) is 0 Å². The first-order chi connectivity index (χ1) is 15.1. The molecule has 8 nitrogen and oxygen atoms in total. The van der Waals surface area contributed by atoms with E-state index >= 15 is 0 Å². The molecule has 160 valence electrons. The first-order valence-electron chi connectivity index (χ1n) is 10.1. The summed E-state index contributed by atoms with van der Waals surface area (Å²) in [4.78, 5) is 37.6. The predicted molar refractivity (Wildman–Crippen MR) is 121 cm³/mol. The molecule has 4 rings (SSSR count). The van der Waals surface area contributed by atoms with Crippen molar-refractivity contribution < 1.29 is 9.59 Å². The molecule has 1 aromatic carbocycles. The quantitative estimate of drug-likeness (QED) is 0.598. The van der Waals surface area contributed by atoms with E-state index in [0.717, 1.165) is 24.1 Å². The lowest BCUT2D eigenvalue weighted by Gasteiger charge is -2.35. The molecule has 3 aromatic rings. The molecular formula is C22H24N6O2S. The fraction of sp³-hybridized carbons (Fsp3) is 0.273. The average molecular weight is 437 g/mol. The molecule has 1 aliphatic heterocycles. The van der Waals surface area contributed by atoms with Crippen LogP contribution < -0.4 is 10.2 Å². The standard InChI is InChI=1S/C22H24N6O2S/c1-26-11-10-24-22(26)31-16-20(29)25-18-7-5-17(6-8-18)21(30)28-14-12-27(13-15-28)19-4-2-3-9-23-19/h2-11H,12-16H2,1H3,(H,25,29). The minimum atomic E-state index is -0.113. The Bertz CT molecular complexity index is 1030. The van der Waals surface area contributed by atoms with Crippen molar-refractivity contribution in [2.45, 2.75) is 5.16 Å². The van der Waals surface area contributed by atoms with Crippen LogP contribution in [0.25, 0.3) is 0 Å². The Balaban J connectivity index is 1.27. The van der Waals surface area contributed by atoms with Gasteiger partial charge in [0.1, 0.15) is 5.82 Å². The summed E-state index contributed by atoms with van der Waals surface area (Å²) in [6, 6.07) is 12.9. The van der Waals surface area contributed by atoms with Crippen molar-refractivity contribution in [2.24, 2.45) is 7.05 Å². The Morgan fingerprint density at radius 2 is 1.77 bits per heavy atom. The molecule has 9 heteroatoms. The second kappa shape index (κ2) is 9.65. The zero-order chi connectivity index (χ0) is 21.6. The molecule has 0 saturated carbocycles. The summed E-state index contributed by atoms with van der Waals surface area (Å²) < 4.78 is 1.87. The molecule has 3 heterocycles. The highest BCUT2D eigenvalue weighted by molar-refractivity contribution is 7.99. The number of benzene rings is 1. The van der Waals surface area contributed by atoms with E-state index in [1.165, 1.54) is 11.8 Å². The second-order valence-corrected chi connectivity index (χ2v) is 8.14. The highest BCUT2D eigenvalue weighted by atomic mass is 32.2. The Labute approximate surface area is 185 Å². The maximum Gasteiger partial charge on any atom is 0.253 e. The number of anilines is 2. The number of piperazine rings is 1. The topological polar surface area (TPSA) is 83.4 Å². The molecule has 1 N–H and O–H groups in total. The van der Waals surface area contributed by atoms with Crippen molar-refractivity contribution in [3.05, 3.63) is 66.6 Å². The van der Waals surface area contributed by atoms with Gasteiger partial charge >= 0.3 is 0 Å². The van der Waals surface area contributed by atoms with Gasteiger partial charge in [0.25, 0.3) is 5.91 Å². The molecule has 0 atom stereocenters. The van der Waals surface area contributed by atoms with E-state index in [1.54, 1.807) is 36.7 Å². The predicted octanol–water partition coefficient (Wildman–Crippen LogP) is 2.51. The minimum Gasteiger partial charge on any atom is -0.353 e. The van der Waals surface area contributed by atoms with Gasteiger partial charge in [-0.15, -0.1) is 0 Å². The Morgan fingerprint density at radius 1 is 1.00 bits per heavy atom. The lowest BCUT2D eigenvalue weighted by atomic mass is 10.1. The molecule has 1 fully saturated rings. The Hall–Kier alpha value is -3.33. The van der Waals surface area contributed by atoms with Crippen LogP contribution in [0.2, 0.25) is 0 Å². The molecular weight excluding hydrogens is 412 g/mol.